The number of alkyl carbamates (subject to hydrolysis) is 1. The molecule has 3 amide bonds. The van der Waals surface area contributed by atoms with Gasteiger partial charge in [0.15, 0.2) is 11.9 Å². The first-order chi connectivity index (χ1) is 15.1. The number of anilines is 1. The molecule has 2 saturated carbocycles. The van der Waals surface area contributed by atoms with E-state index in [9.17, 15) is 23.9 Å². The molecule has 4 N–H and O–H groups in total. The quantitative estimate of drug-likeness (QED) is 0.470. The van der Waals surface area contributed by atoms with Gasteiger partial charge in [0.2, 0.25) is 5.91 Å². The van der Waals surface area contributed by atoms with Crippen molar-refractivity contribution in [2.75, 3.05) is 12.4 Å². The molecule has 0 aromatic carbocycles. The van der Waals surface area contributed by atoms with Crippen LogP contribution in [0.15, 0.2) is 12.3 Å². The number of nitrogens with zero attached hydrogens (tertiary/aromatic N) is 2. The number of carbonyl (C=O) groups excluding carboxylic acids is 3. The molecule has 2 aliphatic rings. The maximum atomic E-state index is 13.9. The zero-order chi connectivity index (χ0) is 23.5. The van der Waals surface area contributed by atoms with Crippen molar-refractivity contribution in [2.24, 2.45) is 12.5 Å². The molecule has 178 valence electrons. The number of aliphatic hydroxyl groups is 1. The van der Waals surface area contributed by atoms with Crippen LogP contribution in [0.1, 0.15) is 51.9 Å². The summed E-state index contributed by atoms with van der Waals surface area (Å²) >= 11 is 0. The third kappa shape index (κ3) is 5.37. The number of rotatable bonds is 8. The van der Waals surface area contributed by atoms with Gasteiger partial charge in [0, 0.05) is 32.2 Å². The van der Waals surface area contributed by atoms with Crippen LogP contribution in [-0.4, -0.2) is 63.8 Å². The van der Waals surface area contributed by atoms with E-state index in [1.165, 1.54) is 11.8 Å². The molecule has 2 atom stereocenters. The van der Waals surface area contributed by atoms with E-state index in [-0.39, 0.29) is 24.1 Å². The largest absolute Gasteiger partial charge is 0.453 e. The average Bonchev–Trinajstić information content (AvgIpc) is 3.33. The lowest BCUT2D eigenvalue weighted by Crippen LogP contribution is -2.69. The highest BCUT2D eigenvalue weighted by molar-refractivity contribution is 5.95. The monoisotopic (exact) mass is 453 g/mol. The summed E-state index contributed by atoms with van der Waals surface area (Å²) in [6.45, 7) is 2.06. The van der Waals surface area contributed by atoms with Gasteiger partial charge < -0.3 is 25.8 Å². The van der Waals surface area contributed by atoms with Gasteiger partial charge in [-0.25, -0.2) is 9.18 Å². The predicted octanol–water partition coefficient (Wildman–Crippen LogP) is 1.40. The molecule has 0 saturated heterocycles. The van der Waals surface area contributed by atoms with Crippen molar-refractivity contribution >= 4 is 23.7 Å². The Kier molecular flexibility index (Phi) is 7.06. The highest BCUT2D eigenvalue weighted by Gasteiger charge is 2.54. The number of halogens is 1. The Morgan fingerprint density at radius 1 is 1.31 bits per heavy atom. The minimum absolute atomic E-state index is 0.132. The van der Waals surface area contributed by atoms with Crippen molar-refractivity contribution in [3.8, 4) is 0 Å². The van der Waals surface area contributed by atoms with E-state index in [1.54, 1.807) is 19.3 Å². The second-order valence-electron chi connectivity index (χ2n) is 9.33. The molecule has 10 nitrogen and oxygen atoms in total. The molecule has 2 aliphatic carbocycles. The first-order valence-corrected chi connectivity index (χ1v) is 10.8. The first-order valence-electron chi connectivity index (χ1n) is 10.8. The Balaban J connectivity index is 1.73. The molecule has 0 spiro atoms. The maximum Gasteiger partial charge on any atom is 0.407 e. The smallest absolute Gasteiger partial charge is 0.407 e. The van der Waals surface area contributed by atoms with Crippen LogP contribution in [0, 0.1) is 5.41 Å². The topological polar surface area (TPSA) is 135 Å². The lowest BCUT2D eigenvalue weighted by Gasteiger charge is -2.47. The molecule has 1 aromatic rings. The fraction of sp³-hybridized carbons (Fsp3) is 0.714. The van der Waals surface area contributed by atoms with Crippen LogP contribution in [0.2, 0.25) is 0 Å². The van der Waals surface area contributed by atoms with E-state index >= 15 is 0 Å². The summed E-state index contributed by atoms with van der Waals surface area (Å²) in [6.07, 6.45) is 1.80. The average molecular weight is 454 g/mol. The molecule has 0 aliphatic heterocycles. The number of nitrogens with one attached hydrogen (secondary N) is 3. The van der Waals surface area contributed by atoms with Gasteiger partial charge in [-0.1, -0.05) is 19.8 Å². The Morgan fingerprint density at radius 3 is 2.50 bits per heavy atom. The van der Waals surface area contributed by atoms with Crippen LogP contribution in [0.3, 0.4) is 0 Å². The molecule has 1 aromatic heterocycles. The van der Waals surface area contributed by atoms with Crippen LogP contribution in [0.4, 0.5) is 15.0 Å². The fourth-order valence-electron chi connectivity index (χ4n) is 4.72. The van der Waals surface area contributed by atoms with Gasteiger partial charge in [-0.3, -0.25) is 14.3 Å². The van der Waals surface area contributed by atoms with E-state index in [0.717, 1.165) is 25.7 Å². The maximum absolute atomic E-state index is 13.9. The van der Waals surface area contributed by atoms with Crippen molar-refractivity contribution < 1.29 is 28.6 Å². The summed E-state index contributed by atoms with van der Waals surface area (Å²) < 4.78 is 20.0. The molecule has 1 heterocycles. The molecule has 2 fully saturated rings. The van der Waals surface area contributed by atoms with E-state index in [1.807, 2.05) is 0 Å². The number of aromatic nitrogens is 2. The zero-order valence-corrected chi connectivity index (χ0v) is 18.7. The number of alkyl halides is 1. The molecule has 11 heteroatoms. The lowest BCUT2D eigenvalue weighted by molar-refractivity contribution is -0.140. The minimum atomic E-state index is -1.69. The number of carbonyl (C=O) groups is 3. The van der Waals surface area contributed by atoms with Crippen molar-refractivity contribution in [3.05, 3.63) is 12.3 Å². The fourth-order valence-corrected chi connectivity index (χ4v) is 4.72. The van der Waals surface area contributed by atoms with Gasteiger partial charge in [-0.2, -0.15) is 5.10 Å². The molecular weight excluding hydrogens is 421 g/mol. The van der Waals surface area contributed by atoms with Gasteiger partial charge in [-0.05, 0) is 24.7 Å². The minimum Gasteiger partial charge on any atom is -0.453 e. The van der Waals surface area contributed by atoms with Crippen LogP contribution in [0.5, 0.6) is 0 Å². The number of hydrogen-bond donors (Lipinski definition) is 4. The highest BCUT2D eigenvalue weighted by atomic mass is 19.1. The number of aliphatic hydroxyl groups excluding tert-OH is 1. The summed E-state index contributed by atoms with van der Waals surface area (Å²) in [7, 11) is 2.88. The highest BCUT2D eigenvalue weighted by Crippen LogP contribution is 2.42. The predicted molar refractivity (Wildman–Crippen MR) is 113 cm³/mol. The van der Waals surface area contributed by atoms with Crippen molar-refractivity contribution in [1.82, 2.24) is 20.4 Å². The molecule has 3 rings (SSSR count). The van der Waals surface area contributed by atoms with Crippen molar-refractivity contribution in [3.63, 3.8) is 0 Å². The SMILES string of the molecule is COC(=O)NC(CC1(C)CCCC1)C(=O)NC1(C(O)C(=O)Nc2ccn(C)n2)CC(F)C1. The van der Waals surface area contributed by atoms with Crippen molar-refractivity contribution in [2.45, 2.75) is 75.7 Å². The first kappa shape index (κ1) is 24.0. The van der Waals surface area contributed by atoms with Crippen LogP contribution in [0.25, 0.3) is 0 Å². The zero-order valence-electron chi connectivity index (χ0n) is 18.7. The van der Waals surface area contributed by atoms with Gasteiger partial charge in [0.1, 0.15) is 12.2 Å². The third-order valence-electron chi connectivity index (χ3n) is 6.58. The Labute approximate surface area is 186 Å². The van der Waals surface area contributed by atoms with Gasteiger partial charge >= 0.3 is 6.09 Å². The van der Waals surface area contributed by atoms with E-state index in [2.05, 4.69) is 32.7 Å². The second kappa shape index (κ2) is 9.43. The number of amides is 3. The van der Waals surface area contributed by atoms with Gasteiger partial charge in [-0.15, -0.1) is 0 Å². The number of ether oxygens (including phenoxy) is 1. The van der Waals surface area contributed by atoms with E-state index in [4.69, 9.17) is 0 Å². The molecule has 0 bridgehead atoms. The Morgan fingerprint density at radius 2 is 1.97 bits per heavy atom. The lowest BCUT2D eigenvalue weighted by atomic mass is 9.70. The van der Waals surface area contributed by atoms with E-state index < -0.39 is 41.8 Å². The van der Waals surface area contributed by atoms with Crippen LogP contribution < -0.4 is 16.0 Å². The molecule has 32 heavy (non-hydrogen) atoms. The number of hydrogen-bond acceptors (Lipinski definition) is 6. The van der Waals surface area contributed by atoms with E-state index in [0.29, 0.717) is 6.42 Å². The Hall–Kier alpha value is -2.69. The normalized spacial score (nSPS) is 25.8. The Bertz CT molecular complexity index is 847. The number of methoxy groups -OCH3 is 1. The second-order valence-corrected chi connectivity index (χ2v) is 9.33. The van der Waals surface area contributed by atoms with Gasteiger partial charge in [0.25, 0.3) is 5.91 Å². The van der Waals surface area contributed by atoms with Gasteiger partial charge in [0.05, 0.1) is 12.6 Å². The summed E-state index contributed by atoms with van der Waals surface area (Å²) in [5.74, 6) is -1.15. The summed E-state index contributed by atoms with van der Waals surface area (Å²) in [4.78, 5) is 37.6. The summed E-state index contributed by atoms with van der Waals surface area (Å²) in [6, 6.07) is 0.611. The van der Waals surface area contributed by atoms with Crippen LogP contribution >= 0.6 is 0 Å². The standard InChI is InChI=1S/C21H32FN5O5/c1-20(7-4-5-8-20)12-14(23-19(31)32-3)17(29)25-21(10-13(22)11-21)16(28)18(30)24-15-6-9-27(2)26-15/h6,9,13-14,16,28H,4-5,7-8,10-12H2,1-3H3,(H,23,31)(H,25,29)(H,24,26,30). The molecular formula is C21H32FN5O5. The number of aryl methyl sites for hydroxylation is 1. The summed E-state index contributed by atoms with van der Waals surface area (Å²) in [5.41, 5.74) is -1.60. The van der Waals surface area contributed by atoms with Crippen LogP contribution in [-0.2, 0) is 21.4 Å². The summed E-state index contributed by atoms with van der Waals surface area (Å²) in [5, 5.41) is 22.4. The third-order valence-corrected chi connectivity index (χ3v) is 6.58. The molecule has 2 unspecified atom stereocenters. The van der Waals surface area contributed by atoms with Crippen molar-refractivity contribution in [1.29, 1.82) is 0 Å². The molecule has 0 radical (unpaired) electrons.